The van der Waals surface area contributed by atoms with Crippen LogP contribution in [0.2, 0.25) is 0 Å². The van der Waals surface area contributed by atoms with Crippen LogP contribution in [0.15, 0.2) is 179 Å². The molecule has 0 saturated heterocycles. The van der Waals surface area contributed by atoms with Crippen molar-refractivity contribution in [3.63, 3.8) is 0 Å². The Kier molecular flexibility index (Phi) is 5.53. The maximum absolute atomic E-state index is 6.49. The fourth-order valence-electron chi connectivity index (χ4n) is 8.96. The minimum atomic E-state index is 0.915. The maximum Gasteiger partial charge on any atom is 0.143 e. The molecular weight excluding hydrogens is 633 g/mol. The summed E-state index contributed by atoms with van der Waals surface area (Å²) >= 11 is 0. The minimum absolute atomic E-state index is 0.915. The van der Waals surface area contributed by atoms with Gasteiger partial charge in [-0.25, -0.2) is 0 Å². The number of para-hydroxylation sites is 4. The molecule has 0 bridgehead atoms. The van der Waals surface area contributed by atoms with Crippen molar-refractivity contribution in [1.82, 2.24) is 0 Å². The molecule has 240 valence electrons. The molecule has 2 nitrogen and oxygen atoms in total. The lowest BCUT2D eigenvalue weighted by atomic mass is 9.85. The van der Waals surface area contributed by atoms with Crippen molar-refractivity contribution in [2.24, 2.45) is 0 Å². The van der Waals surface area contributed by atoms with Gasteiger partial charge in [-0.3, -0.25) is 0 Å². The Bertz CT molecular complexity index is 3240. The third kappa shape index (κ3) is 3.73. The Morgan fingerprint density at radius 2 is 0.615 bits per heavy atom. The molecule has 0 N–H and O–H groups in total. The second-order valence-electron chi connectivity index (χ2n) is 13.9. The van der Waals surface area contributed by atoms with Gasteiger partial charge in [-0.2, -0.15) is 0 Å². The van der Waals surface area contributed by atoms with Gasteiger partial charge in [0.2, 0.25) is 0 Å². The number of hydrogen-bond donors (Lipinski definition) is 0. The van der Waals surface area contributed by atoms with Gasteiger partial charge in [0.1, 0.15) is 22.3 Å². The van der Waals surface area contributed by atoms with Gasteiger partial charge >= 0.3 is 0 Å². The Hall–Kier alpha value is -6.90. The monoisotopic (exact) mass is 660 g/mol. The van der Waals surface area contributed by atoms with Gasteiger partial charge in [-0.15, -0.1) is 0 Å². The SMILES string of the molecule is c1ccc2c(c1)oc1c(-c3ccc4c(c3)c3ccccc3c3c5ccc(-c6cccc7c6oc6ccccc67)cc5c5ccccc5c43)cccc12. The van der Waals surface area contributed by atoms with E-state index in [9.17, 15) is 0 Å². The topological polar surface area (TPSA) is 26.3 Å². The fraction of sp³-hybridized carbons (Fsp3) is 0. The van der Waals surface area contributed by atoms with Crippen LogP contribution in [0.5, 0.6) is 0 Å². The molecule has 0 aliphatic heterocycles. The molecule has 52 heavy (non-hydrogen) atoms. The molecule has 0 radical (unpaired) electrons. The molecule has 12 rings (SSSR count). The number of rotatable bonds is 2. The van der Waals surface area contributed by atoms with Crippen LogP contribution in [0.25, 0.3) is 120 Å². The first kappa shape index (κ1) is 27.9. The first-order valence-corrected chi connectivity index (χ1v) is 17.8. The third-order valence-electron chi connectivity index (χ3n) is 11.2. The molecule has 0 unspecified atom stereocenters. The van der Waals surface area contributed by atoms with E-state index in [1.807, 2.05) is 12.1 Å². The molecule has 0 fully saturated rings. The summed E-state index contributed by atoms with van der Waals surface area (Å²) in [7, 11) is 0. The average Bonchev–Trinajstić information content (AvgIpc) is 3.79. The second kappa shape index (κ2) is 10.3. The van der Waals surface area contributed by atoms with E-state index < -0.39 is 0 Å². The lowest BCUT2D eigenvalue weighted by Crippen LogP contribution is -1.90. The molecule has 0 aliphatic rings. The van der Waals surface area contributed by atoms with Crippen molar-refractivity contribution < 1.29 is 8.83 Å². The third-order valence-corrected chi connectivity index (χ3v) is 11.2. The summed E-state index contributed by atoms with van der Waals surface area (Å²) in [6.07, 6.45) is 0. The van der Waals surface area contributed by atoms with Crippen LogP contribution < -0.4 is 0 Å². The van der Waals surface area contributed by atoms with Gasteiger partial charge in [0.15, 0.2) is 0 Å². The Labute approximate surface area is 297 Å². The van der Waals surface area contributed by atoms with Gasteiger partial charge in [0.25, 0.3) is 0 Å². The predicted molar refractivity (Wildman–Crippen MR) is 219 cm³/mol. The molecule has 2 aromatic heterocycles. The van der Waals surface area contributed by atoms with E-state index in [-0.39, 0.29) is 0 Å². The molecule has 0 spiro atoms. The van der Waals surface area contributed by atoms with Gasteiger partial charge in [0.05, 0.1) is 0 Å². The van der Waals surface area contributed by atoms with Crippen molar-refractivity contribution in [1.29, 1.82) is 0 Å². The highest BCUT2D eigenvalue weighted by Gasteiger charge is 2.19. The number of furan rings is 2. The summed E-state index contributed by atoms with van der Waals surface area (Å²) in [5.41, 5.74) is 8.20. The number of hydrogen-bond acceptors (Lipinski definition) is 2. The molecule has 0 saturated carbocycles. The van der Waals surface area contributed by atoms with E-state index in [1.54, 1.807) is 0 Å². The molecule has 10 aromatic carbocycles. The second-order valence-corrected chi connectivity index (χ2v) is 13.9. The van der Waals surface area contributed by atoms with Crippen LogP contribution in [0.4, 0.5) is 0 Å². The molecule has 0 aliphatic carbocycles. The maximum atomic E-state index is 6.49. The highest BCUT2D eigenvalue weighted by Crippen LogP contribution is 2.47. The van der Waals surface area contributed by atoms with E-state index in [4.69, 9.17) is 8.83 Å². The van der Waals surface area contributed by atoms with Crippen molar-refractivity contribution in [2.45, 2.75) is 0 Å². The van der Waals surface area contributed by atoms with Crippen LogP contribution in [-0.2, 0) is 0 Å². The smallest absolute Gasteiger partial charge is 0.143 e. The standard InChI is InChI=1S/C50H28O2/c1-3-15-37-33(11-1)43-27-29(31-17-9-19-41-35-13-5-7-21-45(35)51-49(31)41)23-25-39(43)48-38-16-4-2-12-34(38)44-28-30(24-26-40(44)47(37)48)32-18-10-20-42-36-14-6-8-22-46(36)52-50(32)42/h1-28H. The van der Waals surface area contributed by atoms with Gasteiger partial charge < -0.3 is 8.83 Å². The number of fused-ring (bicyclic) bond motifs is 17. The van der Waals surface area contributed by atoms with Crippen molar-refractivity contribution in [3.05, 3.63) is 170 Å². The molecule has 2 heteroatoms. The van der Waals surface area contributed by atoms with E-state index in [0.29, 0.717) is 0 Å². The predicted octanol–water partition coefficient (Wildman–Crippen LogP) is 14.6. The van der Waals surface area contributed by atoms with Crippen LogP contribution in [-0.4, -0.2) is 0 Å². The first-order valence-electron chi connectivity index (χ1n) is 17.8. The van der Waals surface area contributed by atoms with E-state index in [0.717, 1.165) is 66.1 Å². The summed E-state index contributed by atoms with van der Waals surface area (Å²) in [6.45, 7) is 0. The lowest BCUT2D eigenvalue weighted by molar-refractivity contribution is 0.669. The van der Waals surface area contributed by atoms with Gasteiger partial charge in [-0.1, -0.05) is 146 Å². The van der Waals surface area contributed by atoms with E-state index in [1.165, 1.54) is 53.9 Å². The first-order chi connectivity index (χ1) is 25.8. The average molecular weight is 661 g/mol. The Morgan fingerprint density at radius 3 is 1.08 bits per heavy atom. The summed E-state index contributed by atoms with van der Waals surface area (Å²) in [5, 5.41) is 17.2. The Balaban J connectivity index is 1.16. The highest BCUT2D eigenvalue weighted by molar-refractivity contribution is 6.40. The summed E-state index contributed by atoms with van der Waals surface area (Å²) in [5.74, 6) is 0. The quantitative estimate of drug-likeness (QED) is 0.173. The molecule has 0 amide bonds. The lowest BCUT2D eigenvalue weighted by Gasteiger charge is -2.18. The minimum Gasteiger partial charge on any atom is -0.455 e. The molecule has 2 heterocycles. The summed E-state index contributed by atoms with van der Waals surface area (Å²) in [4.78, 5) is 0. The van der Waals surface area contributed by atoms with Crippen LogP contribution in [0, 0.1) is 0 Å². The molecule has 0 atom stereocenters. The fourth-order valence-corrected chi connectivity index (χ4v) is 8.96. The van der Waals surface area contributed by atoms with Crippen LogP contribution in [0.3, 0.4) is 0 Å². The van der Waals surface area contributed by atoms with Gasteiger partial charge in [-0.05, 0) is 89.3 Å². The van der Waals surface area contributed by atoms with Crippen molar-refractivity contribution >= 4 is 97.7 Å². The molecule has 12 aromatic rings. The zero-order valence-electron chi connectivity index (χ0n) is 28.0. The number of benzene rings is 10. The normalized spacial score (nSPS) is 12.2. The zero-order chi connectivity index (χ0) is 33.9. The van der Waals surface area contributed by atoms with Crippen molar-refractivity contribution in [3.8, 4) is 22.3 Å². The highest BCUT2D eigenvalue weighted by atomic mass is 16.3. The van der Waals surface area contributed by atoms with E-state index in [2.05, 4.69) is 158 Å². The zero-order valence-corrected chi connectivity index (χ0v) is 28.0. The Morgan fingerprint density at radius 1 is 0.250 bits per heavy atom. The van der Waals surface area contributed by atoms with Crippen LogP contribution >= 0.6 is 0 Å². The van der Waals surface area contributed by atoms with E-state index >= 15 is 0 Å². The van der Waals surface area contributed by atoms with Gasteiger partial charge in [0, 0.05) is 32.7 Å². The van der Waals surface area contributed by atoms with Crippen molar-refractivity contribution in [2.75, 3.05) is 0 Å². The summed E-state index contributed by atoms with van der Waals surface area (Å²) in [6, 6.07) is 61.3. The largest absolute Gasteiger partial charge is 0.455 e. The molecular formula is C50H28O2. The summed E-state index contributed by atoms with van der Waals surface area (Å²) < 4.78 is 13.0. The van der Waals surface area contributed by atoms with Crippen LogP contribution in [0.1, 0.15) is 0 Å².